The van der Waals surface area contributed by atoms with Gasteiger partial charge in [0.1, 0.15) is 0 Å². The molecule has 25 heavy (non-hydrogen) atoms. The van der Waals surface area contributed by atoms with Gasteiger partial charge in [-0.25, -0.2) is 0 Å². The Kier molecular flexibility index (Phi) is 4.57. The van der Waals surface area contributed by atoms with Crippen molar-refractivity contribution in [1.29, 1.82) is 0 Å². The fourth-order valence-electron chi connectivity index (χ4n) is 3.36. The van der Waals surface area contributed by atoms with E-state index >= 15 is 0 Å². The molecule has 2 aromatic carbocycles. The number of hydrogen-bond acceptors (Lipinski definition) is 3. The summed E-state index contributed by atoms with van der Waals surface area (Å²) in [4.78, 5) is 17.8. The van der Waals surface area contributed by atoms with Crippen molar-refractivity contribution in [3.8, 4) is 0 Å². The number of amides is 1. The van der Waals surface area contributed by atoms with Crippen molar-refractivity contribution in [3.63, 3.8) is 0 Å². The Morgan fingerprint density at radius 2 is 1.76 bits per heavy atom. The highest BCUT2D eigenvalue weighted by atomic mass is 127. The van der Waals surface area contributed by atoms with Gasteiger partial charge in [0.2, 0.25) is 0 Å². The van der Waals surface area contributed by atoms with Crippen LogP contribution in [0.5, 0.6) is 0 Å². The number of carbonyl (C=O) groups is 1. The summed E-state index contributed by atoms with van der Waals surface area (Å²) in [5.74, 6) is -0.102. The largest absolute Gasteiger partial charge is 0.298 e. The summed E-state index contributed by atoms with van der Waals surface area (Å²) in [6, 6.07) is 15.8. The monoisotopic (exact) mass is 443 g/mol. The zero-order valence-electron chi connectivity index (χ0n) is 13.7. The number of aromatic nitrogens is 1. The van der Waals surface area contributed by atoms with Crippen LogP contribution < -0.4 is 10.9 Å². The molecule has 4 nitrogen and oxygen atoms in total. The number of benzene rings is 2. The molecule has 0 saturated carbocycles. The molecular weight excluding hydrogens is 425 g/mol. The molecule has 1 amide bonds. The van der Waals surface area contributed by atoms with Crippen LogP contribution in [0.3, 0.4) is 0 Å². The molecule has 0 radical (unpaired) electrons. The maximum absolute atomic E-state index is 13.0. The number of nitrogens with zero attached hydrogens (tertiary/aromatic N) is 1. The molecule has 1 aromatic heterocycles. The standard InChI is InChI=1S/C20H18IN3O/c21-13-9-11-14(12-10-13)23-24-20(25)19-15-5-1-3-7-17(15)22-18-8-4-2-6-16(18)19/h1,3,5,7,9-12,23H,2,4,6,8H2,(H,24,25). The van der Waals surface area contributed by atoms with Gasteiger partial charge in [0.25, 0.3) is 5.91 Å². The lowest BCUT2D eigenvalue weighted by Gasteiger charge is -2.20. The first-order valence-electron chi connectivity index (χ1n) is 8.45. The van der Waals surface area contributed by atoms with Crippen LogP contribution in [0.15, 0.2) is 48.5 Å². The van der Waals surface area contributed by atoms with Gasteiger partial charge >= 0.3 is 0 Å². The minimum Gasteiger partial charge on any atom is -0.298 e. The normalized spacial score (nSPS) is 13.3. The van der Waals surface area contributed by atoms with E-state index in [2.05, 4.69) is 33.4 Å². The quantitative estimate of drug-likeness (QED) is 0.464. The maximum Gasteiger partial charge on any atom is 0.270 e. The van der Waals surface area contributed by atoms with Crippen LogP contribution in [0, 0.1) is 3.57 Å². The molecule has 3 aromatic rings. The van der Waals surface area contributed by atoms with Gasteiger partial charge in [-0.3, -0.25) is 20.6 Å². The molecule has 2 N–H and O–H groups in total. The summed E-state index contributed by atoms with van der Waals surface area (Å²) in [5, 5.41) is 0.921. The van der Waals surface area contributed by atoms with Crippen molar-refractivity contribution < 1.29 is 4.79 Å². The van der Waals surface area contributed by atoms with Gasteiger partial charge in [0.05, 0.1) is 16.8 Å². The van der Waals surface area contributed by atoms with Gasteiger partial charge in [-0.1, -0.05) is 18.2 Å². The second-order valence-corrected chi connectivity index (χ2v) is 7.47. The highest BCUT2D eigenvalue weighted by Gasteiger charge is 2.22. The molecule has 0 saturated heterocycles. The lowest BCUT2D eigenvalue weighted by Crippen LogP contribution is -2.31. The minimum absolute atomic E-state index is 0.102. The average Bonchev–Trinajstić information content (AvgIpc) is 2.65. The molecule has 126 valence electrons. The van der Waals surface area contributed by atoms with E-state index in [1.165, 1.54) is 0 Å². The zero-order valence-corrected chi connectivity index (χ0v) is 15.8. The van der Waals surface area contributed by atoms with Gasteiger partial charge in [0.15, 0.2) is 0 Å². The number of halogens is 1. The Bertz CT molecular complexity index is 938. The molecule has 0 spiro atoms. The molecule has 0 atom stereocenters. The number of anilines is 1. The van der Waals surface area contributed by atoms with Gasteiger partial charge < -0.3 is 0 Å². The maximum atomic E-state index is 13.0. The molecular formula is C20H18IN3O. The average molecular weight is 443 g/mol. The number of fused-ring (bicyclic) bond motifs is 2. The van der Waals surface area contributed by atoms with Crippen LogP contribution >= 0.6 is 22.6 Å². The topological polar surface area (TPSA) is 54.0 Å². The van der Waals surface area contributed by atoms with E-state index in [-0.39, 0.29) is 5.91 Å². The Balaban J connectivity index is 1.69. The number of para-hydroxylation sites is 1. The van der Waals surface area contributed by atoms with E-state index in [9.17, 15) is 4.79 Å². The number of nitrogens with one attached hydrogen (secondary N) is 2. The van der Waals surface area contributed by atoms with Crippen LogP contribution in [0.25, 0.3) is 10.9 Å². The molecule has 0 bridgehead atoms. The summed E-state index contributed by atoms with van der Waals surface area (Å²) >= 11 is 2.26. The molecule has 4 rings (SSSR count). The first-order chi connectivity index (χ1) is 12.2. The van der Waals surface area contributed by atoms with Gasteiger partial charge in [0, 0.05) is 14.7 Å². The van der Waals surface area contributed by atoms with Crippen molar-refractivity contribution in [1.82, 2.24) is 10.4 Å². The molecule has 5 heteroatoms. The summed E-state index contributed by atoms with van der Waals surface area (Å²) in [6.45, 7) is 0. The second kappa shape index (κ2) is 7.00. The number of hydrogen-bond donors (Lipinski definition) is 2. The lowest BCUT2D eigenvalue weighted by atomic mass is 9.89. The third-order valence-corrected chi connectivity index (χ3v) is 5.28. The van der Waals surface area contributed by atoms with Crippen molar-refractivity contribution in [2.24, 2.45) is 0 Å². The number of pyridine rings is 1. The molecule has 0 fully saturated rings. The SMILES string of the molecule is O=C(NNc1ccc(I)cc1)c1c2c(nc3ccccc13)CCCC2. The Hall–Kier alpha value is -2.15. The van der Waals surface area contributed by atoms with E-state index in [4.69, 9.17) is 4.98 Å². The first kappa shape index (κ1) is 16.3. The second-order valence-electron chi connectivity index (χ2n) is 6.22. The summed E-state index contributed by atoms with van der Waals surface area (Å²) in [5.41, 5.74) is 10.6. The van der Waals surface area contributed by atoms with Gasteiger partial charge in [-0.2, -0.15) is 0 Å². The van der Waals surface area contributed by atoms with E-state index in [1.807, 2.05) is 48.5 Å². The molecule has 1 aliphatic rings. The summed E-state index contributed by atoms with van der Waals surface area (Å²) in [7, 11) is 0. The lowest BCUT2D eigenvalue weighted by molar-refractivity contribution is 0.0963. The fraction of sp³-hybridized carbons (Fsp3) is 0.200. The molecule has 0 aliphatic heterocycles. The van der Waals surface area contributed by atoms with Crippen molar-refractivity contribution in [3.05, 3.63) is 68.9 Å². The Labute approximate surface area is 160 Å². The van der Waals surface area contributed by atoms with Crippen LogP contribution in [-0.2, 0) is 12.8 Å². The first-order valence-corrected chi connectivity index (χ1v) is 9.52. The highest BCUT2D eigenvalue weighted by Crippen LogP contribution is 2.29. The zero-order chi connectivity index (χ0) is 17.2. The fourth-order valence-corrected chi connectivity index (χ4v) is 3.72. The van der Waals surface area contributed by atoms with Crippen molar-refractivity contribution in [2.75, 3.05) is 5.43 Å². The molecule has 0 unspecified atom stereocenters. The summed E-state index contributed by atoms with van der Waals surface area (Å²) < 4.78 is 1.16. The van der Waals surface area contributed by atoms with E-state index < -0.39 is 0 Å². The number of rotatable bonds is 3. The predicted octanol–water partition coefficient (Wildman–Crippen LogP) is 4.48. The number of hydrazine groups is 1. The third kappa shape index (κ3) is 3.33. The predicted molar refractivity (Wildman–Crippen MR) is 109 cm³/mol. The van der Waals surface area contributed by atoms with Crippen molar-refractivity contribution in [2.45, 2.75) is 25.7 Å². The van der Waals surface area contributed by atoms with Gasteiger partial charge in [-0.05, 0) is 84.2 Å². The van der Waals surface area contributed by atoms with E-state index in [0.717, 1.165) is 62.7 Å². The summed E-state index contributed by atoms with van der Waals surface area (Å²) in [6.07, 6.45) is 4.11. The van der Waals surface area contributed by atoms with E-state index in [1.54, 1.807) is 0 Å². The highest BCUT2D eigenvalue weighted by molar-refractivity contribution is 14.1. The van der Waals surface area contributed by atoms with Crippen LogP contribution in [0.4, 0.5) is 5.69 Å². The van der Waals surface area contributed by atoms with Crippen LogP contribution in [-0.4, -0.2) is 10.9 Å². The van der Waals surface area contributed by atoms with E-state index in [0.29, 0.717) is 0 Å². The van der Waals surface area contributed by atoms with Crippen LogP contribution in [0.1, 0.15) is 34.5 Å². The Morgan fingerprint density at radius 3 is 2.60 bits per heavy atom. The van der Waals surface area contributed by atoms with Gasteiger partial charge in [-0.15, -0.1) is 0 Å². The van der Waals surface area contributed by atoms with Crippen molar-refractivity contribution >= 4 is 45.1 Å². The molecule has 1 aliphatic carbocycles. The number of aryl methyl sites for hydroxylation is 1. The number of carbonyl (C=O) groups excluding carboxylic acids is 1. The smallest absolute Gasteiger partial charge is 0.270 e. The van der Waals surface area contributed by atoms with Crippen LogP contribution in [0.2, 0.25) is 0 Å². The minimum atomic E-state index is -0.102. The Morgan fingerprint density at radius 1 is 1.00 bits per heavy atom. The third-order valence-electron chi connectivity index (χ3n) is 4.56. The molecule has 1 heterocycles.